The summed E-state index contributed by atoms with van der Waals surface area (Å²) in [6.07, 6.45) is 0.872. The number of aliphatic hydroxyl groups excluding tert-OH is 1. The van der Waals surface area contributed by atoms with Crippen molar-refractivity contribution in [3.63, 3.8) is 0 Å². The van der Waals surface area contributed by atoms with Crippen molar-refractivity contribution in [3.8, 4) is 0 Å². The number of hydrogen-bond acceptors (Lipinski definition) is 6. The summed E-state index contributed by atoms with van der Waals surface area (Å²) in [6.45, 7) is 10.0. The lowest BCUT2D eigenvalue weighted by Crippen LogP contribution is -2.35. The molecule has 1 aromatic rings. The van der Waals surface area contributed by atoms with E-state index in [1.807, 2.05) is 11.3 Å². The average Bonchev–Trinajstić information content (AvgIpc) is 3.04. The maximum Gasteiger partial charge on any atom is 0.107 e. The summed E-state index contributed by atoms with van der Waals surface area (Å²) in [5.41, 5.74) is 1.30. The van der Waals surface area contributed by atoms with Crippen molar-refractivity contribution < 1.29 is 5.11 Å². The number of fused-ring (bicyclic) bond motifs is 1. The van der Waals surface area contributed by atoms with Crippen LogP contribution in [0.2, 0.25) is 0 Å². The van der Waals surface area contributed by atoms with Crippen molar-refractivity contribution in [2.24, 2.45) is 5.92 Å². The van der Waals surface area contributed by atoms with Crippen LogP contribution in [0.4, 0.5) is 0 Å². The lowest BCUT2D eigenvalue weighted by molar-refractivity contribution is 0.146. The quantitative estimate of drug-likeness (QED) is 0.743. The molecule has 5 nitrogen and oxygen atoms in total. The van der Waals surface area contributed by atoms with Gasteiger partial charge in [0, 0.05) is 62.5 Å². The lowest BCUT2D eigenvalue weighted by Gasteiger charge is -2.29. The summed E-state index contributed by atoms with van der Waals surface area (Å²) in [6, 6.07) is 0.609. The molecule has 0 saturated carbocycles. The van der Waals surface area contributed by atoms with Gasteiger partial charge in [-0.2, -0.15) is 0 Å². The third kappa shape index (κ3) is 3.63. The molecule has 0 bridgehead atoms. The number of nitrogens with one attached hydrogen (secondary N) is 2. The fraction of sp³-hybridized carbons (Fsp3) is 0.800. The summed E-state index contributed by atoms with van der Waals surface area (Å²) >= 11 is 1.85. The standard InChI is InChI=1S/C15H26N4OS/c1-10(2)19-4-3-12-14(9-19)21-15(18-12)8-17-6-11-5-16-7-13(11)20/h10-11,13,16-17,20H,3-9H2,1-2H3. The van der Waals surface area contributed by atoms with Gasteiger partial charge in [-0.15, -0.1) is 11.3 Å². The van der Waals surface area contributed by atoms with Gasteiger partial charge in [-0.05, 0) is 13.8 Å². The average molecular weight is 310 g/mol. The number of aromatic nitrogens is 1. The summed E-state index contributed by atoms with van der Waals surface area (Å²) in [5, 5.41) is 17.6. The van der Waals surface area contributed by atoms with Crippen molar-refractivity contribution >= 4 is 11.3 Å². The number of aliphatic hydroxyl groups is 1. The van der Waals surface area contributed by atoms with E-state index in [0.29, 0.717) is 12.0 Å². The van der Waals surface area contributed by atoms with Crippen LogP contribution in [0, 0.1) is 5.92 Å². The van der Waals surface area contributed by atoms with E-state index in [9.17, 15) is 5.11 Å². The third-order valence-corrected chi connectivity index (χ3v) is 5.60. The third-order valence-electron chi connectivity index (χ3n) is 4.52. The van der Waals surface area contributed by atoms with Crippen LogP contribution < -0.4 is 10.6 Å². The van der Waals surface area contributed by atoms with Crippen LogP contribution in [0.3, 0.4) is 0 Å². The molecule has 3 rings (SSSR count). The molecule has 3 heterocycles. The summed E-state index contributed by atoms with van der Waals surface area (Å²) in [4.78, 5) is 8.73. The first-order valence-corrected chi connectivity index (χ1v) is 8.76. The predicted octanol–water partition coefficient (Wildman–Crippen LogP) is 0.580. The van der Waals surface area contributed by atoms with Crippen LogP contribution in [0.1, 0.15) is 29.4 Å². The molecule has 2 unspecified atom stereocenters. The van der Waals surface area contributed by atoms with Crippen molar-refractivity contribution in [2.45, 2.75) is 45.5 Å². The normalized spacial score (nSPS) is 26.5. The first-order valence-electron chi connectivity index (χ1n) is 7.94. The van der Waals surface area contributed by atoms with Crippen LogP contribution in [0.25, 0.3) is 0 Å². The predicted molar refractivity (Wildman–Crippen MR) is 85.4 cm³/mol. The Morgan fingerprint density at radius 1 is 1.48 bits per heavy atom. The van der Waals surface area contributed by atoms with Gasteiger partial charge < -0.3 is 15.7 Å². The summed E-state index contributed by atoms with van der Waals surface area (Å²) in [5.74, 6) is 0.330. The van der Waals surface area contributed by atoms with E-state index in [0.717, 1.165) is 45.7 Å². The fourth-order valence-corrected chi connectivity index (χ4v) is 4.19. The Morgan fingerprint density at radius 2 is 2.33 bits per heavy atom. The van der Waals surface area contributed by atoms with Crippen LogP contribution in [0.5, 0.6) is 0 Å². The van der Waals surface area contributed by atoms with Gasteiger partial charge in [0.2, 0.25) is 0 Å². The molecule has 0 aromatic carbocycles. The molecule has 2 aliphatic rings. The van der Waals surface area contributed by atoms with Crippen LogP contribution >= 0.6 is 11.3 Å². The van der Waals surface area contributed by atoms with Crippen LogP contribution in [-0.4, -0.2) is 53.3 Å². The minimum absolute atomic E-state index is 0.207. The number of thiazole rings is 1. The fourth-order valence-electron chi connectivity index (χ4n) is 3.08. The van der Waals surface area contributed by atoms with Crippen molar-refractivity contribution in [1.29, 1.82) is 0 Å². The minimum atomic E-state index is -0.207. The smallest absolute Gasteiger partial charge is 0.107 e. The molecule has 0 radical (unpaired) electrons. The van der Waals surface area contributed by atoms with Gasteiger partial charge in [-0.3, -0.25) is 4.90 Å². The molecule has 118 valence electrons. The second kappa shape index (κ2) is 6.71. The first kappa shape index (κ1) is 15.4. The number of β-amino-alcohol motifs (C(OH)–C–C–N with tert-alkyl or cyclic N) is 1. The molecule has 0 spiro atoms. The van der Waals surface area contributed by atoms with E-state index >= 15 is 0 Å². The molecule has 6 heteroatoms. The number of rotatable bonds is 5. The van der Waals surface area contributed by atoms with Crippen LogP contribution in [0.15, 0.2) is 0 Å². The van der Waals surface area contributed by atoms with Gasteiger partial charge in [0.25, 0.3) is 0 Å². The molecular formula is C15H26N4OS. The Bertz CT molecular complexity index is 476. The topological polar surface area (TPSA) is 60.4 Å². The van der Waals surface area contributed by atoms with E-state index in [1.54, 1.807) is 0 Å². The zero-order valence-corrected chi connectivity index (χ0v) is 13.7. The molecular weight excluding hydrogens is 284 g/mol. The second-order valence-corrected chi connectivity index (χ2v) is 7.58. The monoisotopic (exact) mass is 310 g/mol. The van der Waals surface area contributed by atoms with E-state index in [1.165, 1.54) is 15.6 Å². The maximum atomic E-state index is 9.78. The highest BCUT2D eigenvalue weighted by molar-refractivity contribution is 7.11. The van der Waals surface area contributed by atoms with Crippen LogP contribution in [-0.2, 0) is 19.5 Å². The largest absolute Gasteiger partial charge is 0.391 e. The van der Waals surface area contributed by atoms with E-state index in [-0.39, 0.29) is 6.10 Å². The molecule has 0 aliphatic carbocycles. The molecule has 21 heavy (non-hydrogen) atoms. The molecule has 0 amide bonds. The number of nitrogens with zero attached hydrogens (tertiary/aromatic N) is 2. The zero-order valence-electron chi connectivity index (χ0n) is 12.9. The molecule has 1 saturated heterocycles. The molecule has 3 N–H and O–H groups in total. The number of hydrogen-bond donors (Lipinski definition) is 3. The highest BCUT2D eigenvalue weighted by Gasteiger charge is 2.25. The van der Waals surface area contributed by atoms with Crippen molar-refractivity contribution in [3.05, 3.63) is 15.6 Å². The van der Waals surface area contributed by atoms with Gasteiger partial charge in [-0.25, -0.2) is 4.98 Å². The van der Waals surface area contributed by atoms with Crippen molar-refractivity contribution in [2.75, 3.05) is 26.2 Å². The minimum Gasteiger partial charge on any atom is -0.391 e. The Morgan fingerprint density at radius 3 is 3.05 bits per heavy atom. The zero-order chi connectivity index (χ0) is 14.8. The summed E-state index contributed by atoms with van der Waals surface area (Å²) < 4.78 is 0. The van der Waals surface area contributed by atoms with E-state index < -0.39 is 0 Å². The Kier molecular flexibility index (Phi) is 4.91. The van der Waals surface area contributed by atoms with Gasteiger partial charge in [0.1, 0.15) is 5.01 Å². The Labute approximate surface area is 130 Å². The van der Waals surface area contributed by atoms with Gasteiger partial charge in [0.05, 0.1) is 11.8 Å². The molecule has 2 atom stereocenters. The Hall–Kier alpha value is -0.530. The first-order chi connectivity index (χ1) is 10.1. The van der Waals surface area contributed by atoms with Crippen molar-refractivity contribution in [1.82, 2.24) is 20.5 Å². The molecule has 2 aliphatic heterocycles. The van der Waals surface area contributed by atoms with E-state index in [4.69, 9.17) is 4.98 Å². The van der Waals surface area contributed by atoms with Gasteiger partial charge in [0.15, 0.2) is 0 Å². The van der Waals surface area contributed by atoms with E-state index in [2.05, 4.69) is 29.4 Å². The molecule has 1 aromatic heterocycles. The van der Waals surface area contributed by atoms with Gasteiger partial charge >= 0.3 is 0 Å². The SMILES string of the molecule is CC(C)N1CCc2nc(CNCC3CNCC3O)sc2C1. The highest BCUT2D eigenvalue weighted by atomic mass is 32.1. The Balaban J connectivity index is 1.51. The maximum absolute atomic E-state index is 9.78. The second-order valence-electron chi connectivity index (χ2n) is 6.41. The molecule has 1 fully saturated rings. The highest BCUT2D eigenvalue weighted by Crippen LogP contribution is 2.26. The summed E-state index contributed by atoms with van der Waals surface area (Å²) in [7, 11) is 0. The van der Waals surface area contributed by atoms with Gasteiger partial charge in [-0.1, -0.05) is 0 Å². The lowest BCUT2D eigenvalue weighted by atomic mass is 10.1.